The fraction of sp³-hybridized carbons (Fsp3) is 0.704. The van der Waals surface area contributed by atoms with Gasteiger partial charge in [0.15, 0.2) is 5.70 Å². The first kappa shape index (κ1) is 52.7. The standard InChI is InChI=1S/C6H9N.2C6H12.C3H8S.C2H6O2S.C2H6O2Se.C2H6OSe/c1-5(2)6(3)7-4;2*1-5(2)6(3)4;1-4(2)3;2*1-5(2,3)4;1-4(2)3/h1-3H3;2*1-4H3;1H2,2-3H3;2*1-2H3;1-2H3. The third-order valence-corrected chi connectivity index (χ3v) is 2.89. The Morgan fingerprint density at radius 3 is 0.838 bits per heavy atom. The molecule has 37 heavy (non-hydrogen) atoms. The molecular weight excluding hydrogens is 640 g/mol. The summed E-state index contributed by atoms with van der Waals surface area (Å²) in [5.41, 5.74) is 7.62. The molecular formula is C27H59NO5S2Se2. The van der Waals surface area contributed by atoms with Crippen molar-refractivity contribution in [2.75, 3.05) is 25.0 Å². The molecule has 0 N–H and O–H groups in total. The summed E-state index contributed by atoms with van der Waals surface area (Å²) in [7, 11) is -2.28. The zero-order valence-corrected chi connectivity index (χ0v) is 32.4. The summed E-state index contributed by atoms with van der Waals surface area (Å²) in [5.74, 6) is 9.60. The largest absolute Gasteiger partial charge is 0.243 e. The average Bonchev–Trinajstić information content (AvgIpc) is 2.57. The third kappa shape index (κ3) is 221. The second-order valence-electron chi connectivity index (χ2n) is 9.71. The molecule has 0 saturated heterocycles. The van der Waals surface area contributed by atoms with Gasteiger partial charge < -0.3 is 0 Å². The molecule has 0 aromatic rings. The van der Waals surface area contributed by atoms with Crippen LogP contribution >= 0.6 is 10.5 Å². The van der Waals surface area contributed by atoms with Crippen molar-refractivity contribution in [2.24, 2.45) is 0 Å². The number of hydrogen-bond acceptors (Lipinski definition) is 5. The van der Waals surface area contributed by atoms with Gasteiger partial charge in [-0.05, 0) is 74.8 Å². The quantitative estimate of drug-likeness (QED) is 0.109. The minimum Gasteiger partial charge on any atom is -0.243 e. The Kier molecular flexibility index (Phi) is 44.9. The van der Waals surface area contributed by atoms with Crippen LogP contribution in [0.25, 0.3) is 4.85 Å². The molecule has 0 aromatic carbocycles. The second-order valence-corrected chi connectivity index (χ2v) is 21.9. The number of hydrogen-bond donors (Lipinski definition) is 0. The van der Waals surface area contributed by atoms with Crippen molar-refractivity contribution in [1.82, 2.24) is 0 Å². The van der Waals surface area contributed by atoms with Crippen LogP contribution in [-0.4, -0.2) is 65.9 Å². The van der Waals surface area contributed by atoms with Gasteiger partial charge in [-0.25, -0.2) is 13.3 Å². The Morgan fingerprint density at radius 1 is 0.730 bits per heavy atom. The van der Waals surface area contributed by atoms with Gasteiger partial charge in [-0.2, -0.15) is 10.5 Å². The molecule has 0 aliphatic carbocycles. The van der Waals surface area contributed by atoms with Crippen LogP contribution in [0.1, 0.15) is 76.2 Å². The summed E-state index contributed by atoms with van der Waals surface area (Å²) < 4.78 is 48.3. The van der Waals surface area contributed by atoms with Gasteiger partial charge in [0.05, 0.1) is 6.57 Å². The topological polar surface area (TPSA) is 89.7 Å². The molecule has 0 aromatic heterocycles. The molecule has 0 unspecified atom stereocenters. The van der Waals surface area contributed by atoms with Gasteiger partial charge in [-0.3, -0.25) is 0 Å². The molecule has 0 heterocycles. The number of sulfone groups is 1. The van der Waals surface area contributed by atoms with E-state index in [0.29, 0.717) is 10.5 Å². The summed E-state index contributed by atoms with van der Waals surface area (Å²) in [4.78, 5) is 3.22. The average molecular weight is 700 g/mol. The Morgan fingerprint density at radius 2 is 0.838 bits per heavy atom. The van der Waals surface area contributed by atoms with Crippen LogP contribution < -0.4 is 0 Å². The maximum Gasteiger partial charge on any atom is 0.161 e. The van der Waals surface area contributed by atoms with E-state index in [-0.39, 0.29) is 0 Å². The van der Waals surface area contributed by atoms with E-state index in [4.69, 9.17) is 6.57 Å². The van der Waals surface area contributed by atoms with Crippen molar-refractivity contribution in [3.05, 3.63) is 45.0 Å². The van der Waals surface area contributed by atoms with Crippen molar-refractivity contribution in [3.63, 3.8) is 0 Å². The van der Waals surface area contributed by atoms with Crippen LogP contribution in [0.2, 0.25) is 23.3 Å². The maximum atomic E-state index is 9.70. The van der Waals surface area contributed by atoms with E-state index in [1.54, 1.807) is 11.6 Å². The molecule has 10 heteroatoms. The minimum atomic E-state index is -3.25. The van der Waals surface area contributed by atoms with Crippen molar-refractivity contribution in [2.45, 2.75) is 99.4 Å². The van der Waals surface area contributed by atoms with E-state index in [1.807, 2.05) is 20.8 Å². The van der Waals surface area contributed by atoms with Gasteiger partial charge in [0.1, 0.15) is 9.84 Å². The normalized spacial score (nSPS) is 8.97. The van der Waals surface area contributed by atoms with Crippen molar-refractivity contribution in [1.29, 1.82) is 0 Å². The van der Waals surface area contributed by atoms with Gasteiger partial charge in [-0.1, -0.05) is 47.6 Å². The molecule has 0 aliphatic heterocycles. The van der Waals surface area contributed by atoms with Gasteiger partial charge >= 0.3 is 61.3 Å². The van der Waals surface area contributed by atoms with Crippen LogP contribution in [0.5, 0.6) is 0 Å². The molecule has 0 rings (SSSR count). The SMILES string of the molecule is C=S(C)C.CC(C)=C(C)C.CC(C)=C(C)C.CS(C)(=O)=O.C[Se](C)(=O)=O.C[Se](C)=O.[C-]#[N+]C(C)=C(C)C. The molecule has 0 atom stereocenters. The van der Waals surface area contributed by atoms with Gasteiger partial charge in [0, 0.05) is 12.5 Å². The van der Waals surface area contributed by atoms with E-state index in [2.05, 4.69) is 78.6 Å². The smallest absolute Gasteiger partial charge is 0.161 e. The van der Waals surface area contributed by atoms with Crippen LogP contribution in [0, 0.1) is 6.57 Å². The maximum absolute atomic E-state index is 9.70. The molecule has 0 amide bonds. The molecule has 0 aliphatic rings. The monoisotopic (exact) mass is 701 g/mol. The van der Waals surface area contributed by atoms with E-state index in [9.17, 15) is 19.9 Å². The first-order chi connectivity index (χ1) is 15.9. The van der Waals surface area contributed by atoms with Gasteiger partial charge in [0.2, 0.25) is 0 Å². The summed E-state index contributed by atoms with van der Waals surface area (Å²) in [6.45, 7) is 29.2. The number of allylic oxidation sites excluding steroid dienone is 6. The number of rotatable bonds is 0. The van der Waals surface area contributed by atoms with Crippen LogP contribution in [0.4, 0.5) is 0 Å². The summed E-state index contributed by atoms with van der Waals surface area (Å²) in [6.07, 6.45) is 6.49. The van der Waals surface area contributed by atoms with E-state index in [0.717, 1.165) is 23.8 Å². The second kappa shape index (κ2) is 31.5. The summed E-state index contributed by atoms with van der Waals surface area (Å²) in [5, 5.41) is 0. The molecule has 0 fully saturated rings. The van der Waals surface area contributed by atoms with Crippen molar-refractivity contribution < 1.29 is 19.9 Å². The molecule has 0 saturated carbocycles. The Hall–Kier alpha value is -0.681. The van der Waals surface area contributed by atoms with E-state index in [1.165, 1.54) is 33.9 Å². The first-order valence-electron chi connectivity index (χ1n) is 11.1. The predicted octanol–water partition coefficient (Wildman–Crippen LogP) is 8.77. The predicted molar refractivity (Wildman–Crippen MR) is 174 cm³/mol. The Labute approximate surface area is 240 Å². The molecule has 0 radical (unpaired) electrons. The molecule has 226 valence electrons. The molecule has 6 nitrogen and oxygen atoms in total. The zero-order valence-electron chi connectivity index (χ0n) is 27.3. The van der Waals surface area contributed by atoms with Gasteiger partial charge in [-0.15, -0.1) is 0 Å². The fourth-order valence-corrected chi connectivity index (χ4v) is 0.112. The van der Waals surface area contributed by atoms with Crippen molar-refractivity contribution in [3.8, 4) is 0 Å². The number of nitrogens with zero attached hydrogens (tertiary/aromatic N) is 1. The van der Waals surface area contributed by atoms with Crippen LogP contribution in [-0.2, 0) is 21.3 Å². The molecule has 0 bridgehead atoms. The summed E-state index contributed by atoms with van der Waals surface area (Å²) in [6, 6.07) is 0. The third-order valence-electron chi connectivity index (χ3n) is 2.89. The zero-order chi connectivity index (χ0) is 32.3. The van der Waals surface area contributed by atoms with Crippen molar-refractivity contribution >= 4 is 52.7 Å². The first-order valence-corrected chi connectivity index (χ1v) is 24.5. The van der Waals surface area contributed by atoms with E-state index < -0.39 is 36.4 Å². The van der Waals surface area contributed by atoms with Crippen LogP contribution in [0.3, 0.4) is 0 Å². The van der Waals surface area contributed by atoms with E-state index >= 15 is 0 Å². The Bertz CT molecular complexity index is 854. The van der Waals surface area contributed by atoms with Crippen LogP contribution in [0.15, 0.2) is 33.6 Å². The Balaban J connectivity index is -0.0000000573. The summed E-state index contributed by atoms with van der Waals surface area (Å²) >= 11 is -4.54. The minimum absolute atomic E-state index is 0.389. The molecule has 0 spiro atoms. The van der Waals surface area contributed by atoms with Gasteiger partial charge in [0.25, 0.3) is 0 Å². The fourth-order valence-electron chi connectivity index (χ4n) is 0.112.